The number of aliphatic hydroxyl groups excluding tert-OH is 1. The van der Waals surface area contributed by atoms with Crippen LogP contribution in [-0.2, 0) is 0 Å². The topological polar surface area (TPSA) is 49.3 Å². The molecule has 20 heavy (non-hydrogen) atoms. The van der Waals surface area contributed by atoms with E-state index in [1.807, 2.05) is 50.2 Å². The summed E-state index contributed by atoms with van der Waals surface area (Å²) in [5.74, 6) is -0.134. The first-order valence-corrected chi connectivity index (χ1v) is 6.64. The van der Waals surface area contributed by atoms with Crippen LogP contribution in [-0.4, -0.2) is 11.0 Å². The van der Waals surface area contributed by atoms with Gasteiger partial charge in [-0.15, -0.1) is 0 Å². The van der Waals surface area contributed by atoms with E-state index < -0.39 is 6.10 Å². The third-order valence-electron chi connectivity index (χ3n) is 3.25. The Balaban J connectivity index is 2.21. The van der Waals surface area contributed by atoms with Crippen LogP contribution in [0.1, 0.15) is 40.1 Å². The normalized spacial score (nSPS) is 12.0. The maximum atomic E-state index is 12.3. The second-order valence-corrected chi connectivity index (χ2v) is 5.07. The van der Waals surface area contributed by atoms with Gasteiger partial charge in [-0.05, 0) is 50.1 Å². The zero-order valence-electron chi connectivity index (χ0n) is 12.0. The Hall–Kier alpha value is -2.13. The van der Waals surface area contributed by atoms with Crippen LogP contribution in [0.15, 0.2) is 42.5 Å². The molecule has 0 saturated heterocycles. The van der Waals surface area contributed by atoms with Crippen LogP contribution in [0.4, 0.5) is 5.69 Å². The average Bonchev–Trinajstić information content (AvgIpc) is 2.38. The van der Waals surface area contributed by atoms with Crippen molar-refractivity contribution in [3.8, 4) is 0 Å². The quantitative estimate of drug-likeness (QED) is 0.894. The van der Waals surface area contributed by atoms with E-state index in [1.54, 1.807) is 13.0 Å². The first-order valence-electron chi connectivity index (χ1n) is 6.64. The van der Waals surface area contributed by atoms with Gasteiger partial charge in [0.15, 0.2) is 0 Å². The predicted octanol–water partition coefficient (Wildman–Crippen LogP) is 3.61. The molecule has 0 saturated carbocycles. The second kappa shape index (κ2) is 5.88. The van der Waals surface area contributed by atoms with Crippen molar-refractivity contribution < 1.29 is 9.90 Å². The molecular weight excluding hydrogens is 250 g/mol. The number of anilines is 1. The van der Waals surface area contributed by atoms with Gasteiger partial charge in [0.05, 0.1) is 6.10 Å². The predicted molar refractivity (Wildman–Crippen MR) is 80.9 cm³/mol. The summed E-state index contributed by atoms with van der Waals surface area (Å²) in [6, 6.07) is 13.0. The van der Waals surface area contributed by atoms with E-state index in [0.29, 0.717) is 11.3 Å². The molecule has 0 bridgehead atoms. The van der Waals surface area contributed by atoms with Crippen molar-refractivity contribution in [1.29, 1.82) is 0 Å². The zero-order chi connectivity index (χ0) is 14.7. The molecular formula is C17H19NO2. The lowest BCUT2D eigenvalue weighted by Crippen LogP contribution is -2.13. The van der Waals surface area contributed by atoms with Crippen LogP contribution >= 0.6 is 0 Å². The van der Waals surface area contributed by atoms with Crippen LogP contribution in [0, 0.1) is 13.8 Å². The highest BCUT2D eigenvalue weighted by atomic mass is 16.3. The Bertz CT molecular complexity index is 633. The van der Waals surface area contributed by atoms with E-state index >= 15 is 0 Å². The van der Waals surface area contributed by atoms with Crippen LogP contribution < -0.4 is 5.32 Å². The summed E-state index contributed by atoms with van der Waals surface area (Å²) in [4.78, 5) is 12.3. The van der Waals surface area contributed by atoms with E-state index in [9.17, 15) is 9.90 Å². The maximum absolute atomic E-state index is 12.3. The summed E-state index contributed by atoms with van der Waals surface area (Å²) in [6.45, 7) is 5.62. The largest absolute Gasteiger partial charge is 0.389 e. The van der Waals surface area contributed by atoms with Crippen LogP contribution in [0.5, 0.6) is 0 Å². The molecule has 104 valence electrons. The highest BCUT2D eigenvalue weighted by Gasteiger charge is 2.10. The van der Waals surface area contributed by atoms with Gasteiger partial charge in [-0.2, -0.15) is 0 Å². The number of hydrogen-bond acceptors (Lipinski definition) is 2. The highest BCUT2D eigenvalue weighted by molar-refractivity contribution is 6.05. The molecule has 1 atom stereocenters. The number of aryl methyl sites for hydroxylation is 2. The first-order chi connectivity index (χ1) is 9.47. The van der Waals surface area contributed by atoms with Crippen molar-refractivity contribution in [2.45, 2.75) is 26.9 Å². The number of carbonyl (C=O) groups is 1. The van der Waals surface area contributed by atoms with Crippen molar-refractivity contribution in [2.75, 3.05) is 5.32 Å². The first kappa shape index (κ1) is 14.3. The molecule has 0 aliphatic rings. The Morgan fingerprint density at radius 2 is 1.90 bits per heavy atom. The average molecular weight is 269 g/mol. The van der Waals surface area contributed by atoms with E-state index in [0.717, 1.165) is 16.7 Å². The summed E-state index contributed by atoms with van der Waals surface area (Å²) in [5, 5.41) is 12.4. The minimum Gasteiger partial charge on any atom is -0.389 e. The van der Waals surface area contributed by atoms with Crippen molar-refractivity contribution in [2.24, 2.45) is 0 Å². The highest BCUT2D eigenvalue weighted by Crippen LogP contribution is 2.18. The molecule has 2 rings (SSSR count). The summed E-state index contributed by atoms with van der Waals surface area (Å²) in [5.41, 5.74) is 4.22. The third-order valence-corrected chi connectivity index (χ3v) is 3.25. The minimum atomic E-state index is -0.548. The molecule has 0 spiro atoms. The number of benzene rings is 2. The molecule has 2 aromatic rings. The number of nitrogens with one attached hydrogen (secondary N) is 1. The van der Waals surface area contributed by atoms with E-state index in [1.165, 1.54) is 0 Å². The summed E-state index contributed by atoms with van der Waals surface area (Å²) < 4.78 is 0. The summed E-state index contributed by atoms with van der Waals surface area (Å²) in [7, 11) is 0. The number of hydrogen-bond donors (Lipinski definition) is 2. The Morgan fingerprint density at radius 1 is 1.15 bits per heavy atom. The summed E-state index contributed by atoms with van der Waals surface area (Å²) in [6.07, 6.45) is -0.548. The number of carbonyl (C=O) groups excluding carboxylic acids is 1. The number of rotatable bonds is 3. The fourth-order valence-electron chi connectivity index (χ4n) is 2.14. The monoisotopic (exact) mass is 269 g/mol. The van der Waals surface area contributed by atoms with Gasteiger partial charge in [0.25, 0.3) is 5.91 Å². The fraction of sp³-hybridized carbons (Fsp3) is 0.235. The van der Waals surface area contributed by atoms with Crippen molar-refractivity contribution >= 4 is 11.6 Å². The summed E-state index contributed by atoms with van der Waals surface area (Å²) >= 11 is 0. The molecule has 1 unspecified atom stereocenters. The molecule has 0 aliphatic heterocycles. The molecule has 1 amide bonds. The molecule has 0 heterocycles. The third kappa shape index (κ3) is 3.25. The van der Waals surface area contributed by atoms with Gasteiger partial charge >= 0.3 is 0 Å². The second-order valence-electron chi connectivity index (χ2n) is 5.07. The lowest BCUT2D eigenvalue weighted by molar-refractivity contribution is 0.102. The van der Waals surface area contributed by atoms with E-state index in [4.69, 9.17) is 0 Å². The van der Waals surface area contributed by atoms with Gasteiger partial charge < -0.3 is 10.4 Å². The molecule has 0 aliphatic carbocycles. The van der Waals surface area contributed by atoms with E-state index in [-0.39, 0.29) is 5.91 Å². The smallest absolute Gasteiger partial charge is 0.255 e. The van der Waals surface area contributed by atoms with Crippen molar-refractivity contribution in [1.82, 2.24) is 0 Å². The lowest BCUT2D eigenvalue weighted by atomic mass is 10.0. The van der Waals surface area contributed by atoms with Gasteiger partial charge in [0, 0.05) is 11.3 Å². The van der Waals surface area contributed by atoms with Crippen molar-refractivity contribution in [3.63, 3.8) is 0 Å². The zero-order valence-corrected chi connectivity index (χ0v) is 12.0. The van der Waals surface area contributed by atoms with Gasteiger partial charge in [-0.25, -0.2) is 0 Å². The van der Waals surface area contributed by atoms with Crippen LogP contribution in [0.2, 0.25) is 0 Å². The Morgan fingerprint density at radius 3 is 2.55 bits per heavy atom. The van der Waals surface area contributed by atoms with Crippen molar-refractivity contribution in [3.05, 3.63) is 64.7 Å². The number of aliphatic hydroxyl groups is 1. The van der Waals surface area contributed by atoms with Gasteiger partial charge in [0.2, 0.25) is 0 Å². The molecule has 0 radical (unpaired) electrons. The Kier molecular flexibility index (Phi) is 4.20. The van der Waals surface area contributed by atoms with Crippen LogP contribution in [0.3, 0.4) is 0 Å². The maximum Gasteiger partial charge on any atom is 0.255 e. The van der Waals surface area contributed by atoms with Gasteiger partial charge in [0.1, 0.15) is 0 Å². The molecule has 0 aromatic heterocycles. The molecule has 0 fully saturated rings. The van der Waals surface area contributed by atoms with Gasteiger partial charge in [-0.3, -0.25) is 4.79 Å². The molecule has 3 heteroatoms. The Labute approximate surface area is 119 Å². The van der Waals surface area contributed by atoms with Crippen LogP contribution in [0.25, 0.3) is 0 Å². The molecule has 2 N–H and O–H groups in total. The van der Waals surface area contributed by atoms with Gasteiger partial charge in [-0.1, -0.05) is 29.8 Å². The fourth-order valence-corrected chi connectivity index (χ4v) is 2.14. The SMILES string of the molecule is Cc1ccc(C(=O)Nc2cccc(C(C)O)c2)c(C)c1. The number of amides is 1. The lowest BCUT2D eigenvalue weighted by Gasteiger charge is -2.10. The minimum absolute atomic E-state index is 0.134. The van der Waals surface area contributed by atoms with E-state index in [2.05, 4.69) is 5.32 Å². The molecule has 2 aromatic carbocycles. The standard InChI is InChI=1S/C17H19NO2/c1-11-7-8-16(12(2)9-11)17(20)18-15-6-4-5-14(10-15)13(3)19/h4-10,13,19H,1-3H3,(H,18,20). The molecule has 3 nitrogen and oxygen atoms in total.